The van der Waals surface area contributed by atoms with Gasteiger partial charge in [-0.1, -0.05) is 18.2 Å². The van der Waals surface area contributed by atoms with Crippen LogP contribution in [0.15, 0.2) is 24.3 Å². The van der Waals surface area contributed by atoms with E-state index in [0.717, 1.165) is 10.6 Å². The predicted molar refractivity (Wildman–Crippen MR) is 89.0 cm³/mol. The number of para-hydroxylation sites is 1. The van der Waals surface area contributed by atoms with E-state index in [2.05, 4.69) is 5.43 Å². The molecule has 0 unspecified atom stereocenters. The second-order valence-electron chi connectivity index (χ2n) is 6.94. The van der Waals surface area contributed by atoms with Crippen molar-refractivity contribution in [2.24, 2.45) is 5.41 Å². The molecule has 0 saturated carbocycles. The van der Waals surface area contributed by atoms with E-state index in [1.807, 2.05) is 31.2 Å². The van der Waals surface area contributed by atoms with Gasteiger partial charge in [-0.15, -0.1) is 0 Å². The number of alkyl halides is 3. The minimum atomic E-state index is -4.40. The lowest BCUT2D eigenvalue weighted by Gasteiger charge is -2.29. The molecule has 0 radical (unpaired) electrons. The van der Waals surface area contributed by atoms with Crippen LogP contribution in [0.4, 0.5) is 13.2 Å². The summed E-state index contributed by atoms with van der Waals surface area (Å²) in [5.74, 6) is 0.340. The number of hydrogen-bond donors (Lipinski definition) is 1. The number of carbonyl (C=O) groups excluding carboxylic acids is 1. The van der Waals surface area contributed by atoms with E-state index in [0.29, 0.717) is 25.2 Å². The second kappa shape index (κ2) is 7.64. The number of halogens is 3. The number of amides is 1. The fraction of sp³-hybridized carbons (Fsp3) is 0.611. The van der Waals surface area contributed by atoms with Crippen LogP contribution in [0.5, 0.6) is 5.75 Å². The number of ether oxygens (including phenoxy) is 1. The van der Waals surface area contributed by atoms with Crippen LogP contribution < -0.4 is 10.2 Å². The topological polar surface area (TPSA) is 41.6 Å². The van der Waals surface area contributed by atoms with E-state index in [4.69, 9.17) is 4.74 Å². The Morgan fingerprint density at radius 2 is 2.00 bits per heavy atom. The molecule has 1 heterocycles. The summed E-state index contributed by atoms with van der Waals surface area (Å²) < 4.78 is 45.9. The van der Waals surface area contributed by atoms with Crippen molar-refractivity contribution in [2.75, 3.05) is 13.2 Å². The maximum Gasteiger partial charge on any atom is 0.405 e. The Morgan fingerprint density at radius 1 is 1.32 bits per heavy atom. The maximum absolute atomic E-state index is 13.5. The Hall–Kier alpha value is -1.76. The van der Waals surface area contributed by atoms with Gasteiger partial charge in [-0.05, 0) is 51.7 Å². The van der Waals surface area contributed by atoms with Crippen LogP contribution in [-0.4, -0.2) is 36.3 Å². The first-order chi connectivity index (χ1) is 11.6. The van der Waals surface area contributed by atoms with Crippen LogP contribution in [0.2, 0.25) is 0 Å². The lowest BCUT2D eigenvalue weighted by Crippen LogP contribution is -2.50. The molecule has 1 saturated heterocycles. The number of hydrogen-bond acceptors (Lipinski definition) is 3. The average molecular weight is 358 g/mol. The SMILES string of the molecule is CCOc1ccccc1CCC[C@H](N1CC(C)(C)C(=O)N1)C(F)(F)F. The normalized spacial score (nSPS) is 18.9. The predicted octanol–water partition coefficient (Wildman–Crippen LogP) is 3.71. The molecule has 0 spiro atoms. The fourth-order valence-corrected chi connectivity index (χ4v) is 3.00. The summed E-state index contributed by atoms with van der Waals surface area (Å²) in [5.41, 5.74) is 2.47. The summed E-state index contributed by atoms with van der Waals surface area (Å²) in [7, 11) is 0. The highest BCUT2D eigenvalue weighted by Crippen LogP contribution is 2.33. The van der Waals surface area contributed by atoms with E-state index in [-0.39, 0.29) is 18.9 Å². The van der Waals surface area contributed by atoms with Gasteiger partial charge < -0.3 is 4.74 Å². The van der Waals surface area contributed by atoms with Gasteiger partial charge in [0.05, 0.1) is 12.0 Å². The highest BCUT2D eigenvalue weighted by atomic mass is 19.4. The van der Waals surface area contributed by atoms with Gasteiger partial charge in [0.2, 0.25) is 5.91 Å². The van der Waals surface area contributed by atoms with E-state index in [9.17, 15) is 18.0 Å². The number of nitrogens with one attached hydrogen (secondary N) is 1. The molecule has 1 aliphatic heterocycles. The molecule has 0 bridgehead atoms. The summed E-state index contributed by atoms with van der Waals surface area (Å²) in [5, 5.41) is 1.04. The molecule has 1 fully saturated rings. The van der Waals surface area contributed by atoms with E-state index < -0.39 is 17.6 Å². The van der Waals surface area contributed by atoms with Crippen molar-refractivity contribution in [3.8, 4) is 5.75 Å². The van der Waals surface area contributed by atoms with Crippen LogP contribution in [0.25, 0.3) is 0 Å². The first kappa shape index (κ1) is 19.6. The Balaban J connectivity index is 2.01. The molecule has 140 valence electrons. The van der Waals surface area contributed by atoms with Crippen LogP contribution in [0.3, 0.4) is 0 Å². The zero-order valence-corrected chi connectivity index (χ0v) is 14.8. The van der Waals surface area contributed by atoms with E-state index in [1.165, 1.54) is 0 Å². The third kappa shape index (κ3) is 4.87. The van der Waals surface area contributed by atoms with Crippen molar-refractivity contribution in [3.63, 3.8) is 0 Å². The summed E-state index contributed by atoms with van der Waals surface area (Å²) >= 11 is 0. The minimum Gasteiger partial charge on any atom is -0.494 e. The van der Waals surface area contributed by atoms with Gasteiger partial charge in [-0.3, -0.25) is 10.2 Å². The summed E-state index contributed by atoms with van der Waals surface area (Å²) in [4.78, 5) is 11.8. The Morgan fingerprint density at radius 3 is 2.56 bits per heavy atom. The Kier molecular flexibility index (Phi) is 5.98. The molecular formula is C18H25F3N2O2. The van der Waals surface area contributed by atoms with Crippen molar-refractivity contribution in [1.82, 2.24) is 10.4 Å². The number of rotatable bonds is 7. The molecule has 1 aliphatic rings. The number of carbonyl (C=O) groups is 1. The van der Waals surface area contributed by atoms with Crippen LogP contribution in [0, 0.1) is 5.41 Å². The second-order valence-corrected chi connectivity index (χ2v) is 6.94. The van der Waals surface area contributed by atoms with Gasteiger partial charge in [0.1, 0.15) is 11.8 Å². The number of benzene rings is 1. The highest BCUT2D eigenvalue weighted by Gasteiger charge is 2.49. The molecule has 25 heavy (non-hydrogen) atoms. The molecule has 1 atom stereocenters. The highest BCUT2D eigenvalue weighted by molar-refractivity contribution is 5.83. The Bertz CT molecular complexity index is 602. The third-order valence-corrected chi connectivity index (χ3v) is 4.38. The summed E-state index contributed by atoms with van der Waals surface area (Å²) in [6.45, 7) is 5.72. The van der Waals surface area contributed by atoms with Gasteiger partial charge >= 0.3 is 6.18 Å². The largest absolute Gasteiger partial charge is 0.494 e. The average Bonchev–Trinajstić information content (AvgIpc) is 2.77. The first-order valence-electron chi connectivity index (χ1n) is 8.50. The van der Waals surface area contributed by atoms with Crippen molar-refractivity contribution >= 4 is 5.91 Å². The number of aryl methyl sites for hydroxylation is 1. The molecule has 1 aromatic carbocycles. The van der Waals surface area contributed by atoms with E-state index in [1.54, 1.807) is 13.8 Å². The standard InChI is InChI=1S/C18H25F3N2O2/c1-4-25-14-10-6-5-8-13(14)9-7-11-15(18(19,20)21)23-12-17(2,3)16(24)22-23/h5-6,8,10,15H,4,7,9,11-12H2,1-3H3,(H,22,24)/t15-/m0/s1. The lowest BCUT2D eigenvalue weighted by atomic mass is 9.94. The third-order valence-electron chi connectivity index (χ3n) is 4.38. The molecule has 1 aromatic rings. The van der Waals surface area contributed by atoms with Crippen LogP contribution >= 0.6 is 0 Å². The van der Waals surface area contributed by atoms with E-state index >= 15 is 0 Å². The van der Waals surface area contributed by atoms with Gasteiger partial charge in [0.15, 0.2) is 0 Å². The Labute approximate surface area is 146 Å². The van der Waals surface area contributed by atoms with Crippen molar-refractivity contribution in [1.29, 1.82) is 0 Å². The summed E-state index contributed by atoms with van der Waals surface area (Å²) in [6.07, 6.45) is -3.64. The number of hydrazine groups is 1. The molecule has 1 N–H and O–H groups in total. The minimum absolute atomic E-state index is 0.0472. The number of nitrogens with zero attached hydrogens (tertiary/aromatic N) is 1. The zero-order chi connectivity index (χ0) is 18.7. The van der Waals surface area contributed by atoms with Crippen LogP contribution in [-0.2, 0) is 11.2 Å². The molecule has 2 rings (SSSR count). The first-order valence-corrected chi connectivity index (χ1v) is 8.50. The monoisotopic (exact) mass is 358 g/mol. The quantitative estimate of drug-likeness (QED) is 0.808. The molecule has 0 aliphatic carbocycles. The molecular weight excluding hydrogens is 333 g/mol. The smallest absolute Gasteiger partial charge is 0.405 e. The van der Waals surface area contributed by atoms with Gasteiger partial charge in [0.25, 0.3) is 0 Å². The zero-order valence-electron chi connectivity index (χ0n) is 14.8. The van der Waals surface area contributed by atoms with Crippen molar-refractivity contribution in [3.05, 3.63) is 29.8 Å². The molecule has 4 nitrogen and oxygen atoms in total. The molecule has 7 heteroatoms. The van der Waals surface area contributed by atoms with Gasteiger partial charge in [0, 0.05) is 6.54 Å². The van der Waals surface area contributed by atoms with Gasteiger partial charge in [-0.25, -0.2) is 5.01 Å². The lowest BCUT2D eigenvalue weighted by molar-refractivity contribution is -0.190. The molecule has 1 amide bonds. The molecule has 0 aromatic heterocycles. The summed E-state index contributed by atoms with van der Waals surface area (Å²) in [6, 6.07) is 5.70. The van der Waals surface area contributed by atoms with Crippen molar-refractivity contribution in [2.45, 2.75) is 52.3 Å². The van der Waals surface area contributed by atoms with Crippen LogP contribution in [0.1, 0.15) is 39.2 Å². The van der Waals surface area contributed by atoms with Crippen molar-refractivity contribution < 1.29 is 22.7 Å². The van der Waals surface area contributed by atoms with Gasteiger partial charge in [-0.2, -0.15) is 13.2 Å². The maximum atomic E-state index is 13.5. The fourth-order valence-electron chi connectivity index (χ4n) is 3.00.